The molecule has 0 radical (unpaired) electrons. The number of rotatable bonds is 6. The van der Waals surface area contributed by atoms with Gasteiger partial charge in [-0.1, -0.05) is 12.8 Å². The number of hydrogen-bond donors (Lipinski definition) is 1. The monoisotopic (exact) mass is 229 g/mol. The second kappa shape index (κ2) is 6.77. The van der Waals surface area contributed by atoms with E-state index in [0.717, 1.165) is 12.6 Å². The van der Waals surface area contributed by atoms with E-state index in [1.165, 1.54) is 56.6 Å². The van der Waals surface area contributed by atoms with Gasteiger partial charge in [0.25, 0.3) is 0 Å². The molecule has 1 N–H and O–H groups in total. The van der Waals surface area contributed by atoms with Crippen LogP contribution >= 0.6 is 11.8 Å². The van der Waals surface area contributed by atoms with Gasteiger partial charge in [-0.25, -0.2) is 0 Å². The molecule has 1 aliphatic carbocycles. The summed E-state index contributed by atoms with van der Waals surface area (Å²) in [7, 11) is 0. The third-order valence-electron chi connectivity index (χ3n) is 3.36. The smallest absolute Gasteiger partial charge is 0.0666 e. The summed E-state index contributed by atoms with van der Waals surface area (Å²) in [5, 5.41) is 3.65. The zero-order valence-corrected chi connectivity index (χ0v) is 10.4. The van der Waals surface area contributed by atoms with Gasteiger partial charge in [0.2, 0.25) is 0 Å². The number of nitrogens with one attached hydrogen (secondary N) is 1. The minimum atomic E-state index is 0.557. The lowest BCUT2D eigenvalue weighted by atomic mass is 10.2. The zero-order valence-electron chi connectivity index (χ0n) is 9.54. The first-order valence-corrected chi connectivity index (χ1v) is 7.53. The van der Waals surface area contributed by atoms with E-state index in [2.05, 4.69) is 5.32 Å². The highest BCUT2D eigenvalue weighted by molar-refractivity contribution is 7.99. The van der Waals surface area contributed by atoms with E-state index < -0.39 is 0 Å². The zero-order chi connectivity index (χ0) is 10.3. The minimum absolute atomic E-state index is 0.557. The van der Waals surface area contributed by atoms with Gasteiger partial charge in [0.1, 0.15) is 0 Å². The molecule has 1 saturated carbocycles. The predicted octanol–water partition coefficient (Wildman–Crippen LogP) is 2.43. The summed E-state index contributed by atoms with van der Waals surface area (Å²) in [6, 6.07) is 0.827. The van der Waals surface area contributed by atoms with Gasteiger partial charge in [0.15, 0.2) is 0 Å². The summed E-state index contributed by atoms with van der Waals surface area (Å²) in [6.07, 6.45) is 8.77. The van der Waals surface area contributed by atoms with Gasteiger partial charge >= 0.3 is 0 Å². The van der Waals surface area contributed by atoms with Gasteiger partial charge in [0.05, 0.1) is 6.10 Å². The average molecular weight is 229 g/mol. The molecule has 88 valence electrons. The lowest BCUT2D eigenvalue weighted by molar-refractivity contribution is 0.129. The first-order chi connectivity index (χ1) is 7.45. The van der Waals surface area contributed by atoms with Gasteiger partial charge in [-0.2, -0.15) is 11.8 Å². The highest BCUT2D eigenvalue weighted by atomic mass is 32.2. The van der Waals surface area contributed by atoms with Crippen molar-refractivity contribution in [3.63, 3.8) is 0 Å². The fourth-order valence-corrected chi connectivity index (χ4v) is 3.41. The molecule has 1 aliphatic heterocycles. The van der Waals surface area contributed by atoms with Crippen molar-refractivity contribution in [3.05, 3.63) is 0 Å². The quantitative estimate of drug-likeness (QED) is 0.707. The summed E-state index contributed by atoms with van der Waals surface area (Å²) >= 11 is 2.05. The molecule has 2 fully saturated rings. The van der Waals surface area contributed by atoms with Crippen molar-refractivity contribution in [2.75, 3.05) is 24.7 Å². The molecule has 0 amide bonds. The van der Waals surface area contributed by atoms with Crippen LogP contribution in [0, 0.1) is 0 Å². The van der Waals surface area contributed by atoms with E-state index in [9.17, 15) is 0 Å². The number of thioether (sulfide) groups is 1. The molecule has 0 spiro atoms. The van der Waals surface area contributed by atoms with Crippen molar-refractivity contribution >= 4 is 11.8 Å². The topological polar surface area (TPSA) is 21.3 Å². The van der Waals surface area contributed by atoms with Crippen molar-refractivity contribution in [2.24, 2.45) is 0 Å². The maximum Gasteiger partial charge on any atom is 0.0666 e. The normalized spacial score (nSPS) is 27.6. The van der Waals surface area contributed by atoms with Gasteiger partial charge < -0.3 is 10.1 Å². The van der Waals surface area contributed by atoms with Gasteiger partial charge in [-0.05, 0) is 25.7 Å². The van der Waals surface area contributed by atoms with Crippen LogP contribution in [-0.4, -0.2) is 36.8 Å². The van der Waals surface area contributed by atoms with E-state index >= 15 is 0 Å². The number of hydrogen-bond acceptors (Lipinski definition) is 3. The Kier molecular flexibility index (Phi) is 5.30. The van der Waals surface area contributed by atoms with E-state index in [-0.39, 0.29) is 0 Å². The molecule has 15 heavy (non-hydrogen) atoms. The van der Waals surface area contributed by atoms with E-state index in [4.69, 9.17) is 4.74 Å². The molecule has 1 heterocycles. The highest BCUT2D eigenvalue weighted by Crippen LogP contribution is 2.18. The lowest BCUT2D eigenvalue weighted by Gasteiger charge is -2.12. The Balaban J connectivity index is 1.41. The predicted molar refractivity (Wildman–Crippen MR) is 66.6 cm³/mol. The Morgan fingerprint density at radius 1 is 1.13 bits per heavy atom. The van der Waals surface area contributed by atoms with Crippen LogP contribution < -0.4 is 5.32 Å². The van der Waals surface area contributed by atoms with Crippen LogP contribution in [0.3, 0.4) is 0 Å². The Hall–Kier alpha value is 0.270. The van der Waals surface area contributed by atoms with Crippen LogP contribution in [0.1, 0.15) is 38.5 Å². The SMILES string of the molecule is C1CCC(NCCSCC2CCCO2)C1. The minimum Gasteiger partial charge on any atom is -0.377 e. The first kappa shape index (κ1) is 11.7. The average Bonchev–Trinajstić information content (AvgIpc) is 2.88. The van der Waals surface area contributed by atoms with E-state index in [0.29, 0.717) is 6.10 Å². The Morgan fingerprint density at radius 2 is 2.00 bits per heavy atom. The number of ether oxygens (including phenoxy) is 1. The molecule has 0 aromatic carbocycles. The maximum absolute atomic E-state index is 5.59. The van der Waals surface area contributed by atoms with Gasteiger partial charge in [0, 0.05) is 30.7 Å². The lowest BCUT2D eigenvalue weighted by Crippen LogP contribution is -2.28. The van der Waals surface area contributed by atoms with Crippen LogP contribution in [0.25, 0.3) is 0 Å². The van der Waals surface area contributed by atoms with Crippen molar-refractivity contribution in [1.82, 2.24) is 5.32 Å². The fourth-order valence-electron chi connectivity index (χ4n) is 2.46. The third-order valence-corrected chi connectivity index (χ3v) is 4.46. The molecule has 3 heteroatoms. The van der Waals surface area contributed by atoms with Crippen LogP contribution in [0.15, 0.2) is 0 Å². The maximum atomic E-state index is 5.59. The summed E-state index contributed by atoms with van der Waals surface area (Å²) in [5.41, 5.74) is 0. The Labute approximate surface area is 97.5 Å². The third kappa shape index (κ3) is 4.33. The van der Waals surface area contributed by atoms with Crippen LogP contribution in [0.4, 0.5) is 0 Å². The van der Waals surface area contributed by atoms with Crippen molar-refractivity contribution in [1.29, 1.82) is 0 Å². The van der Waals surface area contributed by atoms with Gasteiger partial charge in [-0.15, -0.1) is 0 Å². The summed E-state index contributed by atoms with van der Waals surface area (Å²) in [6.45, 7) is 2.17. The molecular weight excluding hydrogens is 206 g/mol. The van der Waals surface area contributed by atoms with Crippen LogP contribution in [-0.2, 0) is 4.74 Å². The van der Waals surface area contributed by atoms with Crippen molar-refractivity contribution in [3.8, 4) is 0 Å². The van der Waals surface area contributed by atoms with Crippen molar-refractivity contribution < 1.29 is 4.74 Å². The molecule has 0 aromatic heterocycles. The molecule has 2 rings (SSSR count). The van der Waals surface area contributed by atoms with Gasteiger partial charge in [-0.3, -0.25) is 0 Å². The Morgan fingerprint density at radius 3 is 2.73 bits per heavy atom. The van der Waals surface area contributed by atoms with Crippen molar-refractivity contribution in [2.45, 2.75) is 50.7 Å². The first-order valence-electron chi connectivity index (χ1n) is 6.38. The molecule has 0 aromatic rings. The molecule has 1 atom stereocenters. The highest BCUT2D eigenvalue weighted by Gasteiger charge is 2.15. The van der Waals surface area contributed by atoms with E-state index in [1.807, 2.05) is 11.8 Å². The fraction of sp³-hybridized carbons (Fsp3) is 1.00. The largest absolute Gasteiger partial charge is 0.377 e. The molecule has 2 aliphatic rings. The molecule has 0 bridgehead atoms. The van der Waals surface area contributed by atoms with Crippen LogP contribution in [0.2, 0.25) is 0 Å². The standard InChI is InChI=1S/C12H23NOS/c1-2-5-11(4-1)13-7-9-15-10-12-6-3-8-14-12/h11-13H,1-10H2. The molecule has 1 unspecified atom stereocenters. The summed E-state index contributed by atoms with van der Waals surface area (Å²) in [4.78, 5) is 0. The second-order valence-corrected chi connectivity index (χ2v) is 5.80. The summed E-state index contributed by atoms with van der Waals surface area (Å²) < 4.78 is 5.59. The molecule has 2 nitrogen and oxygen atoms in total. The molecular formula is C12H23NOS. The Bertz CT molecular complexity index is 147. The molecule has 1 saturated heterocycles. The van der Waals surface area contributed by atoms with E-state index in [1.54, 1.807) is 0 Å². The summed E-state index contributed by atoms with van der Waals surface area (Å²) in [5.74, 6) is 2.45. The van der Waals surface area contributed by atoms with Crippen LogP contribution in [0.5, 0.6) is 0 Å². The second-order valence-electron chi connectivity index (χ2n) is 4.65.